The Kier molecular flexibility index (Phi) is 5.41. The smallest absolute Gasteiger partial charge is 0.271 e. The van der Waals surface area contributed by atoms with Gasteiger partial charge in [0.1, 0.15) is 0 Å². The molecule has 3 rings (SSSR count). The van der Waals surface area contributed by atoms with E-state index in [0.717, 1.165) is 17.7 Å². The number of amides is 2. The maximum absolute atomic E-state index is 12.6. The fourth-order valence-corrected chi connectivity index (χ4v) is 3.36. The standard InChI is InChI=1S/C19H18ClN3O4/c1-2-12-5-3-4-6-17(12)22-11-13(9-18(22)24)19(25)21-16-8-7-14(23(26)27)10-15(16)20/h3-8,10,13H,2,9,11H2,1H3,(H,21,25). The molecule has 7 nitrogen and oxygen atoms in total. The number of anilines is 2. The lowest BCUT2D eigenvalue weighted by molar-refractivity contribution is -0.384. The molecule has 27 heavy (non-hydrogen) atoms. The average Bonchev–Trinajstić information content (AvgIpc) is 3.04. The molecule has 1 heterocycles. The minimum absolute atomic E-state index is 0.0788. The van der Waals surface area contributed by atoms with Gasteiger partial charge in [0.05, 0.1) is 21.6 Å². The molecule has 140 valence electrons. The van der Waals surface area contributed by atoms with E-state index in [1.165, 1.54) is 18.2 Å². The summed E-state index contributed by atoms with van der Waals surface area (Å²) < 4.78 is 0. The fourth-order valence-electron chi connectivity index (χ4n) is 3.14. The van der Waals surface area contributed by atoms with Crippen LogP contribution in [-0.2, 0) is 16.0 Å². The molecule has 1 aliphatic heterocycles. The summed E-state index contributed by atoms with van der Waals surface area (Å²) in [5.41, 5.74) is 2.00. The third-order valence-corrected chi connectivity index (χ3v) is 4.89. The predicted octanol–water partition coefficient (Wildman–Crippen LogP) is 3.80. The van der Waals surface area contributed by atoms with Gasteiger partial charge in [0.25, 0.3) is 5.69 Å². The van der Waals surface area contributed by atoms with Crippen molar-refractivity contribution in [3.8, 4) is 0 Å². The topological polar surface area (TPSA) is 92.6 Å². The molecule has 1 saturated heterocycles. The molecule has 0 radical (unpaired) electrons. The molecule has 8 heteroatoms. The maximum atomic E-state index is 12.6. The number of benzene rings is 2. The molecule has 0 aliphatic carbocycles. The molecular weight excluding hydrogens is 370 g/mol. The first-order valence-corrected chi connectivity index (χ1v) is 8.91. The number of hydrogen-bond donors (Lipinski definition) is 1. The van der Waals surface area contributed by atoms with Crippen molar-refractivity contribution in [3.63, 3.8) is 0 Å². The predicted molar refractivity (Wildman–Crippen MR) is 103 cm³/mol. The SMILES string of the molecule is CCc1ccccc1N1CC(C(=O)Nc2ccc([N+](=O)[O-])cc2Cl)CC1=O. The largest absolute Gasteiger partial charge is 0.324 e. The molecule has 0 saturated carbocycles. The molecule has 0 bridgehead atoms. The summed E-state index contributed by atoms with van der Waals surface area (Å²) in [5, 5.41) is 13.5. The number of hydrogen-bond acceptors (Lipinski definition) is 4. The van der Waals surface area contributed by atoms with Crippen molar-refractivity contribution >= 4 is 40.5 Å². The third kappa shape index (κ3) is 3.93. The number of carbonyl (C=O) groups is 2. The van der Waals surface area contributed by atoms with Crippen LogP contribution in [0, 0.1) is 16.0 Å². The van der Waals surface area contributed by atoms with Crippen LogP contribution in [0.3, 0.4) is 0 Å². The van der Waals surface area contributed by atoms with Crippen LogP contribution in [-0.4, -0.2) is 23.3 Å². The Hall–Kier alpha value is -2.93. The van der Waals surface area contributed by atoms with Gasteiger partial charge in [-0.3, -0.25) is 19.7 Å². The van der Waals surface area contributed by atoms with Crippen molar-refractivity contribution < 1.29 is 14.5 Å². The van der Waals surface area contributed by atoms with Gasteiger partial charge in [0.15, 0.2) is 0 Å². The highest BCUT2D eigenvalue weighted by Crippen LogP contribution is 2.31. The van der Waals surface area contributed by atoms with Crippen molar-refractivity contribution in [2.24, 2.45) is 5.92 Å². The number of halogens is 1. The van der Waals surface area contributed by atoms with E-state index in [9.17, 15) is 19.7 Å². The molecule has 1 aliphatic rings. The van der Waals surface area contributed by atoms with E-state index in [1.54, 1.807) is 4.90 Å². The summed E-state index contributed by atoms with van der Waals surface area (Å²) in [6.07, 6.45) is 0.893. The second kappa shape index (κ2) is 7.75. The Morgan fingerprint density at radius 1 is 1.33 bits per heavy atom. The van der Waals surface area contributed by atoms with E-state index >= 15 is 0 Å². The van der Waals surface area contributed by atoms with Crippen molar-refractivity contribution in [2.45, 2.75) is 19.8 Å². The van der Waals surface area contributed by atoms with Crippen LogP contribution in [0.2, 0.25) is 5.02 Å². The number of para-hydroxylation sites is 1. The van der Waals surface area contributed by atoms with Gasteiger partial charge >= 0.3 is 0 Å². The number of non-ortho nitro benzene ring substituents is 1. The molecule has 0 spiro atoms. The van der Waals surface area contributed by atoms with E-state index in [1.807, 2.05) is 31.2 Å². The van der Waals surface area contributed by atoms with E-state index in [0.29, 0.717) is 0 Å². The number of nitro groups is 1. The highest BCUT2D eigenvalue weighted by Gasteiger charge is 2.36. The van der Waals surface area contributed by atoms with Crippen LogP contribution >= 0.6 is 11.6 Å². The summed E-state index contributed by atoms with van der Waals surface area (Å²) in [7, 11) is 0. The lowest BCUT2D eigenvalue weighted by Crippen LogP contribution is -2.28. The Bertz CT molecular complexity index is 916. The van der Waals surface area contributed by atoms with Crippen LogP contribution in [0.5, 0.6) is 0 Å². The zero-order valence-corrected chi connectivity index (χ0v) is 15.4. The number of carbonyl (C=O) groups excluding carboxylic acids is 2. The molecule has 1 fully saturated rings. The second-order valence-electron chi connectivity index (χ2n) is 6.30. The van der Waals surface area contributed by atoms with Crippen LogP contribution in [0.25, 0.3) is 0 Å². The van der Waals surface area contributed by atoms with E-state index < -0.39 is 10.8 Å². The average molecular weight is 388 g/mol. The molecular formula is C19H18ClN3O4. The Morgan fingerprint density at radius 2 is 2.07 bits per heavy atom. The molecule has 2 aromatic rings. The van der Waals surface area contributed by atoms with E-state index in [-0.39, 0.29) is 41.2 Å². The molecule has 2 aromatic carbocycles. The number of nitro benzene ring substituents is 1. The summed E-state index contributed by atoms with van der Waals surface area (Å²) in [6.45, 7) is 2.30. The van der Waals surface area contributed by atoms with Crippen LogP contribution in [0.4, 0.5) is 17.1 Å². The Labute approximate surface area is 161 Å². The van der Waals surface area contributed by atoms with Crippen LogP contribution in [0.15, 0.2) is 42.5 Å². The molecule has 2 amide bonds. The Balaban J connectivity index is 1.74. The van der Waals surface area contributed by atoms with Gasteiger partial charge in [-0.2, -0.15) is 0 Å². The number of rotatable bonds is 5. The third-order valence-electron chi connectivity index (χ3n) is 4.58. The van der Waals surface area contributed by atoms with Gasteiger partial charge in [-0.15, -0.1) is 0 Å². The van der Waals surface area contributed by atoms with Crippen molar-refractivity contribution in [2.75, 3.05) is 16.8 Å². The van der Waals surface area contributed by atoms with Gasteiger partial charge in [0, 0.05) is 30.8 Å². The minimum atomic E-state index is -0.559. The fraction of sp³-hybridized carbons (Fsp3) is 0.263. The monoisotopic (exact) mass is 387 g/mol. The first-order valence-electron chi connectivity index (χ1n) is 8.53. The van der Waals surface area contributed by atoms with E-state index in [2.05, 4.69) is 5.32 Å². The highest BCUT2D eigenvalue weighted by molar-refractivity contribution is 6.34. The normalized spacial score (nSPS) is 16.4. The first-order chi connectivity index (χ1) is 12.9. The second-order valence-corrected chi connectivity index (χ2v) is 6.71. The van der Waals surface area contributed by atoms with Crippen molar-refractivity contribution in [1.29, 1.82) is 0 Å². The summed E-state index contributed by atoms with van der Waals surface area (Å²) >= 11 is 6.02. The van der Waals surface area contributed by atoms with Gasteiger partial charge in [-0.05, 0) is 24.1 Å². The minimum Gasteiger partial charge on any atom is -0.324 e. The van der Waals surface area contributed by atoms with Gasteiger partial charge in [0.2, 0.25) is 11.8 Å². The molecule has 0 aromatic heterocycles. The van der Waals surface area contributed by atoms with E-state index in [4.69, 9.17) is 11.6 Å². The summed E-state index contributed by atoms with van der Waals surface area (Å²) in [4.78, 5) is 36.9. The highest BCUT2D eigenvalue weighted by atomic mass is 35.5. The summed E-state index contributed by atoms with van der Waals surface area (Å²) in [5.74, 6) is -0.963. The lowest BCUT2D eigenvalue weighted by Gasteiger charge is -2.20. The molecule has 1 unspecified atom stereocenters. The maximum Gasteiger partial charge on any atom is 0.271 e. The quantitative estimate of drug-likeness (QED) is 0.623. The van der Waals surface area contributed by atoms with Crippen molar-refractivity contribution in [1.82, 2.24) is 0 Å². The molecule has 1 atom stereocenters. The number of nitrogens with one attached hydrogen (secondary N) is 1. The zero-order chi connectivity index (χ0) is 19.6. The summed E-state index contributed by atoms with van der Waals surface area (Å²) in [6, 6.07) is 11.5. The van der Waals surface area contributed by atoms with Crippen LogP contribution in [0.1, 0.15) is 18.9 Å². The first kappa shape index (κ1) is 18.8. The van der Waals surface area contributed by atoms with Gasteiger partial charge < -0.3 is 10.2 Å². The zero-order valence-electron chi connectivity index (χ0n) is 14.6. The number of aryl methyl sites for hydroxylation is 1. The Morgan fingerprint density at radius 3 is 2.74 bits per heavy atom. The van der Waals surface area contributed by atoms with Crippen molar-refractivity contribution in [3.05, 3.63) is 63.2 Å². The van der Waals surface area contributed by atoms with Gasteiger partial charge in [-0.1, -0.05) is 36.7 Å². The van der Waals surface area contributed by atoms with Crippen LogP contribution < -0.4 is 10.2 Å². The lowest BCUT2D eigenvalue weighted by atomic mass is 10.1. The van der Waals surface area contributed by atoms with Gasteiger partial charge in [-0.25, -0.2) is 0 Å². The number of nitrogens with zero attached hydrogens (tertiary/aromatic N) is 2. The molecule has 1 N–H and O–H groups in total.